The van der Waals surface area contributed by atoms with Gasteiger partial charge in [-0.2, -0.15) is 0 Å². The van der Waals surface area contributed by atoms with E-state index in [0.29, 0.717) is 106 Å². The van der Waals surface area contributed by atoms with Gasteiger partial charge in [-0.3, -0.25) is 0 Å². The predicted octanol–water partition coefficient (Wildman–Crippen LogP) is -5.34. The Bertz CT molecular complexity index is 257. The summed E-state index contributed by atoms with van der Waals surface area (Å²) < 4.78 is 42.2. The van der Waals surface area contributed by atoms with Gasteiger partial charge in [0.2, 0.25) is 0 Å². The molecular weight excluding hydrogens is 472 g/mol. The molecule has 0 aromatic rings. The normalized spacial score (nSPS) is 10.6. The van der Waals surface area contributed by atoms with E-state index in [0.717, 1.165) is 0 Å². The summed E-state index contributed by atoms with van der Waals surface area (Å²) in [6, 6.07) is 0. The second-order valence-electron chi connectivity index (χ2n) is 5.35. The molecule has 0 rings (SSSR count). The summed E-state index contributed by atoms with van der Waals surface area (Å²) >= 11 is 0. The first kappa shape index (κ1) is 36.0. The van der Waals surface area contributed by atoms with E-state index in [1.165, 1.54) is 0 Å². The summed E-state index contributed by atoms with van der Waals surface area (Å²) in [6.07, 6.45) is 0. The van der Waals surface area contributed by atoms with Crippen LogP contribution in [-0.4, -0.2) is 138 Å². The first-order valence-electron chi connectivity index (χ1n) is 9.75. The van der Waals surface area contributed by atoms with Crippen molar-refractivity contribution in [3.05, 3.63) is 0 Å². The fraction of sp³-hybridized carbons (Fsp3) is 1.00. The minimum absolute atomic E-state index is 0. The van der Waals surface area contributed by atoms with Crippen molar-refractivity contribution in [1.82, 2.24) is 0 Å². The van der Waals surface area contributed by atoms with Crippen LogP contribution in [0.3, 0.4) is 0 Å². The Hall–Kier alpha value is 1.47. The van der Waals surface area contributed by atoms with Gasteiger partial charge in [-0.1, -0.05) is 8.41 Å². The molecule has 0 aliphatic heterocycles. The second-order valence-corrected chi connectivity index (χ2v) is 5.35. The molecular formula is C18H42BO10Rb. The molecule has 12 heteroatoms. The molecule has 0 aliphatic carbocycles. The van der Waals surface area contributed by atoms with Gasteiger partial charge in [0.25, 0.3) is 0 Å². The van der Waals surface area contributed by atoms with Crippen LogP contribution < -0.4 is 58.2 Å². The van der Waals surface area contributed by atoms with Crippen LogP contribution in [0.2, 0.25) is 0 Å². The van der Waals surface area contributed by atoms with E-state index in [1.807, 2.05) is 0 Å². The van der Waals surface area contributed by atoms with E-state index >= 15 is 0 Å². The van der Waals surface area contributed by atoms with Crippen molar-refractivity contribution < 1.29 is 106 Å². The van der Waals surface area contributed by atoms with E-state index in [9.17, 15) is 0 Å². The van der Waals surface area contributed by atoms with E-state index in [4.69, 9.17) is 48.1 Å². The summed E-state index contributed by atoms with van der Waals surface area (Å²) in [4.78, 5) is 0. The van der Waals surface area contributed by atoms with Crippen LogP contribution in [0.1, 0.15) is 0 Å². The molecule has 0 atom stereocenters. The topological polar surface area (TPSA) is 114 Å². The zero-order chi connectivity index (χ0) is 20.4. The molecule has 0 bridgehead atoms. The Kier molecular flexibility index (Phi) is 42.1. The standard InChI is InChI=1S/C18H38O10.BH4.Rb/c19-1-3-21-5-7-23-9-11-25-13-15-27-17-18-28-16-14-26-12-10-24-8-6-22-4-2-20;;/h19-20H,1-18H2;1H4;/q;-1;+1. The number of aliphatic hydroxyl groups is 2. The van der Waals surface area contributed by atoms with Gasteiger partial charge in [-0.25, -0.2) is 0 Å². The first-order valence-corrected chi connectivity index (χ1v) is 9.75. The van der Waals surface area contributed by atoms with Crippen LogP contribution in [0.4, 0.5) is 0 Å². The van der Waals surface area contributed by atoms with Gasteiger partial charge in [-0.15, -0.1) is 0 Å². The third kappa shape index (κ3) is 34.1. The van der Waals surface area contributed by atoms with Gasteiger partial charge in [0, 0.05) is 0 Å². The van der Waals surface area contributed by atoms with E-state index in [-0.39, 0.29) is 79.8 Å². The Morgan fingerprint density at radius 1 is 0.300 bits per heavy atom. The average Bonchev–Trinajstić information content (AvgIpc) is 2.71. The fourth-order valence-electron chi connectivity index (χ4n) is 1.77. The predicted molar refractivity (Wildman–Crippen MR) is 112 cm³/mol. The minimum Gasteiger partial charge on any atom is -0.394 e. The maximum absolute atomic E-state index is 8.52. The maximum Gasteiger partial charge on any atom is 1.00 e. The molecule has 0 aromatic carbocycles. The quantitative estimate of drug-likeness (QED) is 0.0904. The van der Waals surface area contributed by atoms with Crippen LogP contribution in [0.15, 0.2) is 0 Å². The number of hydrogen-bond acceptors (Lipinski definition) is 10. The first-order chi connectivity index (χ1) is 13.9. The van der Waals surface area contributed by atoms with Crippen LogP contribution in [0, 0.1) is 0 Å². The molecule has 0 aromatic heterocycles. The zero-order valence-corrected chi connectivity index (χ0v) is 22.8. The van der Waals surface area contributed by atoms with Gasteiger partial charge < -0.3 is 48.1 Å². The Morgan fingerprint density at radius 2 is 0.433 bits per heavy atom. The molecule has 0 saturated carbocycles. The van der Waals surface area contributed by atoms with E-state index < -0.39 is 0 Å². The number of ether oxygens (including phenoxy) is 8. The summed E-state index contributed by atoms with van der Waals surface area (Å²) in [6.45, 7) is 7.79. The van der Waals surface area contributed by atoms with Crippen molar-refractivity contribution >= 4 is 8.41 Å². The molecule has 30 heavy (non-hydrogen) atoms. The Labute approximate surface area is 231 Å². The fourth-order valence-corrected chi connectivity index (χ4v) is 1.77. The molecule has 178 valence electrons. The molecule has 0 fully saturated rings. The van der Waals surface area contributed by atoms with Gasteiger partial charge in [0.1, 0.15) is 0 Å². The number of hydrogen-bond donors (Lipinski definition) is 2. The molecule has 10 nitrogen and oxygen atoms in total. The Morgan fingerprint density at radius 3 is 0.567 bits per heavy atom. The Balaban J connectivity index is -0.00000364. The largest absolute Gasteiger partial charge is 1.00 e. The van der Waals surface area contributed by atoms with E-state index in [1.54, 1.807) is 0 Å². The summed E-state index contributed by atoms with van der Waals surface area (Å²) in [5.41, 5.74) is 0. The average molecular weight is 515 g/mol. The molecule has 0 heterocycles. The van der Waals surface area contributed by atoms with Gasteiger partial charge in [0.05, 0.1) is 119 Å². The maximum atomic E-state index is 8.52. The molecule has 0 unspecified atom stereocenters. The number of rotatable bonds is 25. The van der Waals surface area contributed by atoms with Crippen molar-refractivity contribution in [3.8, 4) is 0 Å². The van der Waals surface area contributed by atoms with Gasteiger partial charge in [0.15, 0.2) is 0 Å². The third-order valence-corrected chi connectivity index (χ3v) is 3.08. The minimum atomic E-state index is 0. The van der Waals surface area contributed by atoms with E-state index in [2.05, 4.69) is 0 Å². The van der Waals surface area contributed by atoms with Crippen LogP contribution >= 0.6 is 0 Å². The molecule has 2 N–H and O–H groups in total. The monoisotopic (exact) mass is 514 g/mol. The SMILES string of the molecule is OCCOCCOCCOCCOCCOCCOCCOCCOCCO.[BH4-].[Rb+]. The second kappa shape index (κ2) is 35.1. The number of aliphatic hydroxyl groups excluding tert-OH is 2. The molecule has 0 amide bonds. The van der Waals surface area contributed by atoms with Gasteiger partial charge >= 0.3 is 58.2 Å². The van der Waals surface area contributed by atoms with Crippen molar-refractivity contribution in [1.29, 1.82) is 0 Å². The van der Waals surface area contributed by atoms with Crippen molar-refractivity contribution in [3.63, 3.8) is 0 Å². The summed E-state index contributed by atoms with van der Waals surface area (Å²) in [5.74, 6) is 0. The molecule has 0 spiro atoms. The van der Waals surface area contributed by atoms with Gasteiger partial charge in [-0.05, 0) is 0 Å². The van der Waals surface area contributed by atoms with Crippen molar-refractivity contribution in [2.45, 2.75) is 0 Å². The van der Waals surface area contributed by atoms with Crippen LogP contribution in [-0.2, 0) is 37.9 Å². The third-order valence-electron chi connectivity index (χ3n) is 3.08. The molecule has 0 radical (unpaired) electrons. The van der Waals surface area contributed by atoms with Crippen molar-refractivity contribution in [2.75, 3.05) is 119 Å². The van der Waals surface area contributed by atoms with Crippen LogP contribution in [0.25, 0.3) is 0 Å². The zero-order valence-electron chi connectivity index (χ0n) is 17.9. The smallest absolute Gasteiger partial charge is 0.394 e. The van der Waals surface area contributed by atoms with Crippen molar-refractivity contribution in [2.24, 2.45) is 0 Å². The molecule has 0 saturated heterocycles. The summed E-state index contributed by atoms with van der Waals surface area (Å²) in [7, 11) is 0. The summed E-state index contributed by atoms with van der Waals surface area (Å²) in [5, 5.41) is 17.0. The van der Waals surface area contributed by atoms with Crippen LogP contribution in [0.5, 0.6) is 0 Å². The molecule has 0 aliphatic rings.